The second-order valence-corrected chi connectivity index (χ2v) is 9.44. The summed E-state index contributed by atoms with van der Waals surface area (Å²) in [6.07, 6.45) is 0. The average Bonchev–Trinajstić information content (AvgIpc) is 3.20. The number of ether oxygens (including phenoxy) is 2. The van der Waals surface area contributed by atoms with Gasteiger partial charge in [-0.25, -0.2) is 13.4 Å². The van der Waals surface area contributed by atoms with Crippen molar-refractivity contribution in [3.05, 3.63) is 48.0 Å². The van der Waals surface area contributed by atoms with E-state index in [1.54, 1.807) is 7.11 Å². The number of sulfonamides is 1. The molecule has 158 valence electrons. The molecule has 2 N–H and O–H groups in total. The first-order valence-electron chi connectivity index (χ1n) is 9.16. The molecule has 1 aliphatic rings. The minimum atomic E-state index is -3.59. The van der Waals surface area contributed by atoms with Gasteiger partial charge in [0.15, 0.2) is 0 Å². The van der Waals surface area contributed by atoms with Crippen LogP contribution in [0.1, 0.15) is 10.4 Å². The summed E-state index contributed by atoms with van der Waals surface area (Å²) in [5.41, 5.74) is 6.48. The van der Waals surface area contributed by atoms with Crippen molar-refractivity contribution < 1.29 is 22.7 Å². The van der Waals surface area contributed by atoms with Crippen molar-refractivity contribution in [2.45, 2.75) is 4.90 Å². The lowest BCUT2D eigenvalue weighted by Gasteiger charge is -2.26. The highest BCUT2D eigenvalue weighted by Gasteiger charge is 2.26. The van der Waals surface area contributed by atoms with Crippen LogP contribution in [0.25, 0.3) is 10.2 Å². The molecule has 1 amide bonds. The number of anilines is 1. The zero-order chi connectivity index (χ0) is 21.1. The van der Waals surface area contributed by atoms with Crippen LogP contribution in [-0.2, 0) is 14.8 Å². The number of carbonyl (C=O) groups excluding carboxylic acids is 1. The molecule has 0 atom stereocenters. The Hall–Kier alpha value is -2.73. The van der Waals surface area contributed by atoms with Gasteiger partial charge in [-0.2, -0.15) is 4.31 Å². The van der Waals surface area contributed by atoms with Crippen molar-refractivity contribution in [1.29, 1.82) is 0 Å². The SMILES string of the molecule is COc1ccc2nc(NNC(=O)c3ccc(S(=O)(=O)N4CCOCC4)cc3)sc2c1. The Bertz CT molecular complexity index is 1160. The summed E-state index contributed by atoms with van der Waals surface area (Å²) in [6.45, 7) is 1.40. The first-order valence-corrected chi connectivity index (χ1v) is 11.4. The van der Waals surface area contributed by atoms with Gasteiger partial charge >= 0.3 is 0 Å². The van der Waals surface area contributed by atoms with Crippen LogP contribution in [0, 0.1) is 0 Å². The van der Waals surface area contributed by atoms with E-state index in [2.05, 4.69) is 15.8 Å². The van der Waals surface area contributed by atoms with E-state index in [1.807, 2.05) is 18.2 Å². The van der Waals surface area contributed by atoms with Crippen molar-refractivity contribution in [2.75, 3.05) is 38.8 Å². The molecule has 0 spiro atoms. The standard InChI is InChI=1S/C19H20N4O5S2/c1-27-14-4-7-16-17(12-14)29-19(20-16)22-21-18(24)13-2-5-15(6-3-13)30(25,26)23-8-10-28-11-9-23/h2-7,12H,8-11H2,1H3,(H,20,22)(H,21,24). The van der Waals surface area contributed by atoms with E-state index in [9.17, 15) is 13.2 Å². The second kappa shape index (κ2) is 8.56. The molecule has 2 heterocycles. The maximum atomic E-state index is 12.7. The molecule has 4 rings (SSSR count). The number of thiazole rings is 1. The van der Waals surface area contributed by atoms with Crippen molar-refractivity contribution in [3.8, 4) is 5.75 Å². The molecule has 0 saturated carbocycles. The lowest BCUT2D eigenvalue weighted by molar-refractivity contribution is 0.0730. The summed E-state index contributed by atoms with van der Waals surface area (Å²) in [5.74, 6) is 0.330. The van der Waals surface area contributed by atoms with E-state index in [4.69, 9.17) is 9.47 Å². The Kier molecular flexibility index (Phi) is 5.86. The summed E-state index contributed by atoms with van der Waals surface area (Å²) in [7, 11) is -2.00. The molecule has 0 radical (unpaired) electrons. The maximum absolute atomic E-state index is 12.7. The number of hydrogen-bond acceptors (Lipinski definition) is 8. The van der Waals surface area contributed by atoms with Gasteiger partial charge in [0.2, 0.25) is 15.2 Å². The highest BCUT2D eigenvalue weighted by atomic mass is 32.2. The molecule has 0 bridgehead atoms. The second-order valence-electron chi connectivity index (χ2n) is 6.47. The van der Waals surface area contributed by atoms with Crippen molar-refractivity contribution in [1.82, 2.24) is 14.7 Å². The quantitative estimate of drug-likeness (QED) is 0.556. The molecule has 3 aromatic rings. The fraction of sp³-hybridized carbons (Fsp3) is 0.263. The van der Waals surface area contributed by atoms with Crippen LogP contribution in [0.5, 0.6) is 5.75 Å². The topological polar surface area (TPSA) is 110 Å². The predicted molar refractivity (Wildman–Crippen MR) is 113 cm³/mol. The fourth-order valence-electron chi connectivity index (χ4n) is 2.98. The van der Waals surface area contributed by atoms with Crippen LogP contribution in [0.2, 0.25) is 0 Å². The van der Waals surface area contributed by atoms with Crippen LogP contribution in [-0.4, -0.2) is 57.0 Å². The third-order valence-corrected chi connectivity index (χ3v) is 7.45. The molecule has 1 fully saturated rings. The number of hydrazine groups is 1. The number of aromatic nitrogens is 1. The largest absolute Gasteiger partial charge is 0.497 e. The van der Waals surface area contributed by atoms with Crippen molar-refractivity contribution >= 4 is 42.6 Å². The van der Waals surface area contributed by atoms with E-state index >= 15 is 0 Å². The number of carbonyl (C=O) groups is 1. The van der Waals surface area contributed by atoms with Gasteiger partial charge in [-0.05, 0) is 42.5 Å². The monoisotopic (exact) mass is 448 g/mol. The molecule has 1 saturated heterocycles. The first-order chi connectivity index (χ1) is 14.5. The molecule has 9 nitrogen and oxygen atoms in total. The molecular formula is C19H20N4O5S2. The maximum Gasteiger partial charge on any atom is 0.269 e. The van der Waals surface area contributed by atoms with E-state index < -0.39 is 15.9 Å². The zero-order valence-corrected chi connectivity index (χ0v) is 17.8. The Morgan fingerprint density at radius 1 is 1.17 bits per heavy atom. The van der Waals surface area contributed by atoms with Crippen LogP contribution in [0.15, 0.2) is 47.4 Å². The normalized spacial score (nSPS) is 15.1. The van der Waals surface area contributed by atoms with Gasteiger partial charge in [-0.15, -0.1) is 0 Å². The molecule has 2 aromatic carbocycles. The molecule has 0 unspecified atom stereocenters. The van der Waals surface area contributed by atoms with Crippen LogP contribution in [0.4, 0.5) is 5.13 Å². The summed E-state index contributed by atoms with van der Waals surface area (Å²) in [6, 6.07) is 11.4. The number of nitrogens with one attached hydrogen (secondary N) is 2. The Labute approximate surface area is 177 Å². The van der Waals surface area contributed by atoms with Gasteiger partial charge in [-0.1, -0.05) is 11.3 Å². The molecule has 11 heteroatoms. The number of benzene rings is 2. The van der Waals surface area contributed by atoms with Gasteiger partial charge in [0.05, 0.1) is 35.4 Å². The third-order valence-electron chi connectivity index (χ3n) is 4.60. The van der Waals surface area contributed by atoms with Gasteiger partial charge in [-0.3, -0.25) is 15.6 Å². The van der Waals surface area contributed by atoms with Crippen LogP contribution >= 0.6 is 11.3 Å². The minimum Gasteiger partial charge on any atom is -0.497 e. The predicted octanol–water partition coefficient (Wildman–Crippen LogP) is 2.08. The highest BCUT2D eigenvalue weighted by Crippen LogP contribution is 2.28. The summed E-state index contributed by atoms with van der Waals surface area (Å²) in [5, 5.41) is 0.526. The zero-order valence-electron chi connectivity index (χ0n) is 16.1. The van der Waals surface area contributed by atoms with E-state index in [-0.39, 0.29) is 4.90 Å². The van der Waals surface area contributed by atoms with E-state index in [1.165, 1.54) is 39.9 Å². The number of nitrogens with zero attached hydrogens (tertiary/aromatic N) is 2. The van der Waals surface area contributed by atoms with Gasteiger partial charge in [0.25, 0.3) is 5.91 Å². The molecule has 0 aliphatic carbocycles. The van der Waals surface area contributed by atoms with E-state index in [0.717, 1.165) is 16.0 Å². The smallest absolute Gasteiger partial charge is 0.269 e. The minimum absolute atomic E-state index is 0.147. The Morgan fingerprint density at radius 3 is 2.60 bits per heavy atom. The molecular weight excluding hydrogens is 428 g/mol. The van der Waals surface area contributed by atoms with Gasteiger partial charge in [0.1, 0.15) is 5.75 Å². The summed E-state index contributed by atoms with van der Waals surface area (Å²) >= 11 is 1.37. The number of hydrogen-bond donors (Lipinski definition) is 2. The van der Waals surface area contributed by atoms with Crippen molar-refractivity contribution in [3.63, 3.8) is 0 Å². The lowest BCUT2D eigenvalue weighted by atomic mass is 10.2. The third kappa shape index (κ3) is 4.24. The van der Waals surface area contributed by atoms with Crippen molar-refractivity contribution in [2.24, 2.45) is 0 Å². The summed E-state index contributed by atoms with van der Waals surface area (Å²) in [4.78, 5) is 16.9. The highest BCUT2D eigenvalue weighted by molar-refractivity contribution is 7.89. The number of methoxy groups -OCH3 is 1. The van der Waals surface area contributed by atoms with E-state index in [0.29, 0.717) is 37.0 Å². The first kappa shape index (κ1) is 20.5. The van der Waals surface area contributed by atoms with Crippen LogP contribution < -0.4 is 15.6 Å². The van der Waals surface area contributed by atoms with Gasteiger partial charge < -0.3 is 9.47 Å². The number of fused-ring (bicyclic) bond motifs is 1. The Balaban J connectivity index is 1.41. The van der Waals surface area contributed by atoms with Gasteiger partial charge in [0, 0.05) is 18.7 Å². The number of morpholine rings is 1. The van der Waals surface area contributed by atoms with Crippen LogP contribution in [0.3, 0.4) is 0 Å². The molecule has 1 aromatic heterocycles. The number of rotatable bonds is 6. The lowest BCUT2D eigenvalue weighted by Crippen LogP contribution is -2.40. The molecule has 1 aliphatic heterocycles. The summed E-state index contributed by atoms with van der Waals surface area (Å²) < 4.78 is 38.0. The number of amides is 1. The Morgan fingerprint density at radius 2 is 1.90 bits per heavy atom. The average molecular weight is 449 g/mol. The fourth-order valence-corrected chi connectivity index (χ4v) is 5.24. The molecule has 30 heavy (non-hydrogen) atoms.